The molecule has 1 radical (unpaired) electrons. The predicted octanol–water partition coefficient (Wildman–Crippen LogP) is 0.457. The van der Waals surface area contributed by atoms with Crippen LogP contribution in [0.15, 0.2) is 0 Å². The van der Waals surface area contributed by atoms with Crippen molar-refractivity contribution >= 4 is 21.0 Å². The molecule has 0 bridgehead atoms. The van der Waals surface area contributed by atoms with E-state index < -0.39 is 21.0 Å². The van der Waals surface area contributed by atoms with Crippen LogP contribution in [0.1, 0.15) is 20.8 Å². The van der Waals surface area contributed by atoms with Crippen molar-refractivity contribution in [3.63, 3.8) is 0 Å². The van der Waals surface area contributed by atoms with Crippen molar-refractivity contribution in [2.75, 3.05) is 6.61 Å². The summed E-state index contributed by atoms with van der Waals surface area (Å²) < 4.78 is 23.0. The van der Waals surface area contributed by atoms with Gasteiger partial charge in [-0.2, -0.15) is 0 Å². The minimum absolute atomic E-state index is 0.00438. The van der Waals surface area contributed by atoms with Crippen molar-refractivity contribution in [1.82, 2.24) is 0 Å². The second kappa shape index (κ2) is 3.64. The van der Waals surface area contributed by atoms with Gasteiger partial charge in [0.1, 0.15) is 0 Å². The molecule has 4 heteroatoms. The molecule has 0 rings (SSSR count). The van der Waals surface area contributed by atoms with Crippen molar-refractivity contribution in [2.24, 2.45) is 5.41 Å². The van der Waals surface area contributed by atoms with Crippen molar-refractivity contribution in [3.8, 4) is 0 Å². The Morgan fingerprint density at radius 3 is 2.11 bits per heavy atom. The topological polar surface area (TPSA) is 46.5 Å². The molecular formula is C5H12O3Sb. The van der Waals surface area contributed by atoms with Gasteiger partial charge in [0.05, 0.1) is 0 Å². The molecule has 0 spiro atoms. The molecule has 0 atom stereocenters. The third kappa shape index (κ3) is 8.54. The SMILES string of the molecule is CC(C)(C)C[O][Sb](=[O])[OH]. The van der Waals surface area contributed by atoms with E-state index in [9.17, 15) is 3.02 Å². The van der Waals surface area contributed by atoms with Crippen LogP contribution in [0.3, 0.4) is 0 Å². The van der Waals surface area contributed by atoms with Crippen molar-refractivity contribution < 1.29 is 9.42 Å². The first-order chi connectivity index (χ1) is 3.92. The Morgan fingerprint density at radius 2 is 2.00 bits per heavy atom. The zero-order valence-corrected chi connectivity index (χ0v) is 8.47. The standard InChI is InChI=1S/C5H11O.H2O.O.Sb/c1-5(2,3)4-6;;;/h4H2,1-3H3;1H2;;/q-1;;;+2/p-1. The van der Waals surface area contributed by atoms with E-state index in [0.717, 1.165) is 0 Å². The van der Waals surface area contributed by atoms with E-state index in [4.69, 9.17) is 3.39 Å². The molecule has 0 saturated heterocycles. The summed E-state index contributed by atoms with van der Waals surface area (Å²) in [5.41, 5.74) is -0.00438. The zero-order chi connectivity index (χ0) is 7.49. The minimum atomic E-state index is -3.38. The molecular weight excluding hydrogens is 230 g/mol. The molecule has 0 aromatic carbocycles. The Labute approximate surface area is 63.5 Å². The molecule has 1 N–H and O–H groups in total. The second-order valence-electron chi connectivity index (χ2n) is 3.07. The summed E-state index contributed by atoms with van der Waals surface area (Å²) in [6.45, 7) is 6.24. The second-order valence-corrected chi connectivity index (χ2v) is 5.17. The summed E-state index contributed by atoms with van der Waals surface area (Å²) in [7, 11) is 0. The molecule has 0 aromatic heterocycles. The van der Waals surface area contributed by atoms with Gasteiger partial charge in [0.2, 0.25) is 0 Å². The van der Waals surface area contributed by atoms with Crippen LogP contribution in [0, 0.1) is 5.41 Å². The number of rotatable bonds is 2. The average molecular weight is 242 g/mol. The van der Waals surface area contributed by atoms with Gasteiger partial charge in [-0.1, -0.05) is 0 Å². The first-order valence-electron chi connectivity index (χ1n) is 2.71. The molecule has 0 aliphatic heterocycles. The Balaban J connectivity index is 3.39. The van der Waals surface area contributed by atoms with Crippen LogP contribution >= 0.6 is 0 Å². The van der Waals surface area contributed by atoms with Gasteiger partial charge in [-0.15, -0.1) is 0 Å². The third-order valence-electron chi connectivity index (χ3n) is 0.608. The molecule has 0 unspecified atom stereocenters. The van der Waals surface area contributed by atoms with Gasteiger partial charge in [-0.3, -0.25) is 0 Å². The van der Waals surface area contributed by atoms with Gasteiger partial charge < -0.3 is 0 Å². The summed E-state index contributed by atoms with van der Waals surface area (Å²) in [4.78, 5) is 0. The fraction of sp³-hybridized carbons (Fsp3) is 1.00. The predicted molar refractivity (Wildman–Crippen MR) is 34.1 cm³/mol. The maximum atomic E-state index is 10.1. The van der Waals surface area contributed by atoms with E-state index in [0.29, 0.717) is 6.61 Å². The monoisotopic (exact) mass is 241 g/mol. The van der Waals surface area contributed by atoms with Crippen LogP contribution in [0.25, 0.3) is 0 Å². The number of hydrogen-bond acceptors (Lipinski definition) is 2. The van der Waals surface area contributed by atoms with Crippen LogP contribution < -0.4 is 0 Å². The van der Waals surface area contributed by atoms with Crippen molar-refractivity contribution in [3.05, 3.63) is 0 Å². The van der Waals surface area contributed by atoms with E-state index in [1.165, 1.54) is 0 Å². The van der Waals surface area contributed by atoms with Crippen molar-refractivity contribution in [2.45, 2.75) is 20.8 Å². The van der Waals surface area contributed by atoms with Crippen LogP contribution in [-0.2, 0) is 6.03 Å². The fourth-order valence-corrected chi connectivity index (χ4v) is 1.67. The normalized spacial score (nSPS) is 11.6. The average Bonchev–Trinajstić information content (AvgIpc) is 1.59. The molecule has 0 aromatic rings. The van der Waals surface area contributed by atoms with Gasteiger partial charge in [-0.25, -0.2) is 0 Å². The Hall–Kier alpha value is 0.538. The van der Waals surface area contributed by atoms with E-state index in [-0.39, 0.29) is 5.41 Å². The molecule has 0 amide bonds. The molecule has 0 heterocycles. The van der Waals surface area contributed by atoms with Gasteiger partial charge in [0.25, 0.3) is 0 Å². The molecule has 3 nitrogen and oxygen atoms in total. The quantitative estimate of drug-likeness (QED) is 0.715. The van der Waals surface area contributed by atoms with Crippen LogP contribution in [-0.4, -0.2) is 31.0 Å². The molecule has 9 heavy (non-hydrogen) atoms. The van der Waals surface area contributed by atoms with Gasteiger partial charge >= 0.3 is 63.3 Å². The van der Waals surface area contributed by atoms with Gasteiger partial charge in [0, 0.05) is 0 Å². The van der Waals surface area contributed by atoms with Crippen LogP contribution in [0.4, 0.5) is 0 Å². The fourth-order valence-electron chi connectivity index (χ4n) is 0.249. The maximum absolute atomic E-state index is 10.1. The molecule has 0 saturated carbocycles. The van der Waals surface area contributed by atoms with Crippen LogP contribution in [0.5, 0.6) is 0 Å². The first-order valence-corrected chi connectivity index (χ1v) is 5.93. The molecule has 0 aliphatic carbocycles. The number of hydrogen-bond donors (Lipinski definition) is 1. The Morgan fingerprint density at radius 1 is 1.56 bits per heavy atom. The van der Waals surface area contributed by atoms with E-state index in [1.54, 1.807) is 0 Å². The summed E-state index contributed by atoms with van der Waals surface area (Å²) in [5, 5.41) is 0. The van der Waals surface area contributed by atoms with E-state index >= 15 is 0 Å². The van der Waals surface area contributed by atoms with E-state index in [2.05, 4.69) is 3.02 Å². The first kappa shape index (κ1) is 9.54. The van der Waals surface area contributed by atoms with Crippen LogP contribution in [0.2, 0.25) is 0 Å². The van der Waals surface area contributed by atoms with E-state index in [1.807, 2.05) is 20.8 Å². The molecule has 55 valence electrons. The molecule has 0 fully saturated rings. The van der Waals surface area contributed by atoms with Crippen molar-refractivity contribution in [1.29, 1.82) is 0 Å². The summed E-state index contributed by atoms with van der Waals surface area (Å²) >= 11 is -3.38. The summed E-state index contributed by atoms with van der Waals surface area (Å²) in [6, 6.07) is 0. The third-order valence-corrected chi connectivity index (χ3v) is 1.61. The summed E-state index contributed by atoms with van der Waals surface area (Å²) in [5.74, 6) is 0. The van der Waals surface area contributed by atoms with Gasteiger partial charge in [-0.05, 0) is 0 Å². The summed E-state index contributed by atoms with van der Waals surface area (Å²) in [6.07, 6.45) is 0. The van der Waals surface area contributed by atoms with Gasteiger partial charge in [0.15, 0.2) is 0 Å². The zero-order valence-electron chi connectivity index (χ0n) is 5.92. The Kier molecular flexibility index (Phi) is 3.86. The Bertz CT molecular complexity index is 105. The molecule has 0 aliphatic rings.